The van der Waals surface area contributed by atoms with E-state index in [1.54, 1.807) is 13.2 Å². The van der Waals surface area contributed by atoms with Gasteiger partial charge in [0.15, 0.2) is 0 Å². The summed E-state index contributed by atoms with van der Waals surface area (Å²) in [6.07, 6.45) is 0. The van der Waals surface area contributed by atoms with Gasteiger partial charge in [-0.05, 0) is 33.4 Å². The van der Waals surface area contributed by atoms with E-state index in [1.807, 2.05) is 12.1 Å². The monoisotopic (exact) mass is 266 g/mol. The van der Waals surface area contributed by atoms with Gasteiger partial charge in [0.2, 0.25) is 0 Å². The number of aromatic hydroxyl groups is 1. The third-order valence-electron chi connectivity index (χ3n) is 3.40. The molecule has 108 valence electrons. The number of rotatable bonds is 5. The zero-order chi connectivity index (χ0) is 14.6. The van der Waals surface area contributed by atoms with Crippen molar-refractivity contribution in [3.05, 3.63) is 23.8 Å². The first-order valence-electron chi connectivity index (χ1n) is 6.68. The molecule has 3 N–H and O–H groups in total. The van der Waals surface area contributed by atoms with E-state index in [-0.39, 0.29) is 17.3 Å². The Balaban J connectivity index is 3.16. The van der Waals surface area contributed by atoms with Gasteiger partial charge in [0.05, 0.1) is 13.2 Å². The summed E-state index contributed by atoms with van der Waals surface area (Å²) in [5.41, 5.74) is 6.77. The van der Waals surface area contributed by atoms with E-state index in [0.29, 0.717) is 12.3 Å². The van der Waals surface area contributed by atoms with Crippen LogP contribution in [0.4, 0.5) is 0 Å². The van der Waals surface area contributed by atoms with Gasteiger partial charge in [-0.25, -0.2) is 0 Å². The van der Waals surface area contributed by atoms with Crippen LogP contribution in [0.2, 0.25) is 0 Å². The number of phenols is 1. The molecule has 0 saturated carbocycles. The van der Waals surface area contributed by atoms with E-state index < -0.39 is 0 Å². The van der Waals surface area contributed by atoms with Gasteiger partial charge in [0.25, 0.3) is 0 Å². The predicted octanol–water partition coefficient (Wildman–Crippen LogP) is 2.52. The highest BCUT2D eigenvalue weighted by molar-refractivity contribution is 5.41. The Morgan fingerprint density at radius 3 is 2.37 bits per heavy atom. The largest absolute Gasteiger partial charge is 0.507 e. The molecule has 0 radical (unpaired) electrons. The van der Waals surface area contributed by atoms with Crippen LogP contribution in [0.3, 0.4) is 0 Å². The summed E-state index contributed by atoms with van der Waals surface area (Å²) in [5.74, 6) is 0.883. The Hall–Kier alpha value is -1.26. The highest BCUT2D eigenvalue weighted by atomic mass is 16.5. The van der Waals surface area contributed by atoms with Crippen LogP contribution in [0.15, 0.2) is 18.2 Å². The second kappa shape index (κ2) is 6.26. The summed E-state index contributed by atoms with van der Waals surface area (Å²) >= 11 is 0. The number of hydrogen-bond donors (Lipinski definition) is 2. The molecule has 0 heterocycles. The minimum absolute atomic E-state index is 0.00379. The molecular weight excluding hydrogens is 240 g/mol. The molecule has 0 saturated heterocycles. The maximum atomic E-state index is 10.2. The van der Waals surface area contributed by atoms with E-state index in [4.69, 9.17) is 10.5 Å². The Bertz CT molecular complexity index is 413. The first kappa shape index (κ1) is 15.8. The van der Waals surface area contributed by atoms with Crippen LogP contribution in [0, 0.1) is 0 Å². The van der Waals surface area contributed by atoms with Crippen molar-refractivity contribution in [1.29, 1.82) is 0 Å². The highest BCUT2D eigenvalue weighted by Crippen LogP contribution is 2.34. The van der Waals surface area contributed by atoms with Crippen molar-refractivity contribution >= 4 is 0 Å². The number of nitrogens with zero attached hydrogens (tertiary/aromatic N) is 1. The molecule has 1 atom stereocenters. The molecular formula is C15H26N2O2. The fraction of sp³-hybridized carbons (Fsp3) is 0.600. The predicted molar refractivity (Wildman–Crippen MR) is 78.6 cm³/mol. The lowest BCUT2D eigenvalue weighted by atomic mass is 9.97. The quantitative estimate of drug-likeness (QED) is 0.860. The lowest BCUT2D eigenvalue weighted by molar-refractivity contribution is 0.0905. The van der Waals surface area contributed by atoms with Crippen molar-refractivity contribution in [2.75, 3.05) is 20.2 Å². The third-order valence-corrected chi connectivity index (χ3v) is 3.40. The number of likely N-dealkylation sites (N-methyl/N-ethyl adjacent to an activating group) is 1. The zero-order valence-electron chi connectivity index (χ0n) is 12.6. The minimum Gasteiger partial charge on any atom is -0.507 e. The van der Waals surface area contributed by atoms with Gasteiger partial charge in [-0.15, -0.1) is 0 Å². The number of ether oxygens (including phenoxy) is 1. The average Bonchev–Trinajstić information content (AvgIpc) is 2.34. The fourth-order valence-corrected chi connectivity index (χ4v) is 2.52. The minimum atomic E-state index is -0.00878. The summed E-state index contributed by atoms with van der Waals surface area (Å²) in [7, 11) is 1.59. The molecule has 0 aromatic heterocycles. The van der Waals surface area contributed by atoms with Crippen LogP contribution >= 0.6 is 0 Å². The first-order valence-corrected chi connectivity index (χ1v) is 6.68. The molecule has 0 aliphatic rings. The van der Waals surface area contributed by atoms with E-state index >= 15 is 0 Å². The molecule has 19 heavy (non-hydrogen) atoms. The summed E-state index contributed by atoms with van der Waals surface area (Å²) in [5, 5.41) is 10.2. The number of nitrogens with two attached hydrogens (primary N) is 1. The Labute approximate surface area is 116 Å². The number of methoxy groups -OCH3 is 1. The van der Waals surface area contributed by atoms with E-state index in [9.17, 15) is 5.11 Å². The maximum Gasteiger partial charge on any atom is 0.124 e. The van der Waals surface area contributed by atoms with Crippen molar-refractivity contribution in [3.8, 4) is 11.5 Å². The van der Waals surface area contributed by atoms with Crippen LogP contribution in [0.5, 0.6) is 11.5 Å². The molecule has 1 unspecified atom stereocenters. The van der Waals surface area contributed by atoms with Gasteiger partial charge in [-0.3, -0.25) is 4.90 Å². The van der Waals surface area contributed by atoms with Crippen LogP contribution in [0.1, 0.15) is 39.3 Å². The molecule has 0 fully saturated rings. The molecule has 0 spiro atoms. The first-order chi connectivity index (χ1) is 8.85. The Morgan fingerprint density at radius 1 is 1.37 bits per heavy atom. The Kier molecular flexibility index (Phi) is 5.20. The van der Waals surface area contributed by atoms with E-state index in [2.05, 4.69) is 32.6 Å². The van der Waals surface area contributed by atoms with E-state index in [1.165, 1.54) is 0 Å². The fourth-order valence-electron chi connectivity index (χ4n) is 2.52. The maximum absolute atomic E-state index is 10.2. The van der Waals surface area contributed by atoms with Crippen molar-refractivity contribution in [2.24, 2.45) is 5.73 Å². The van der Waals surface area contributed by atoms with E-state index in [0.717, 1.165) is 12.1 Å². The second-order valence-corrected chi connectivity index (χ2v) is 5.63. The molecule has 0 aliphatic carbocycles. The molecule has 4 heteroatoms. The molecule has 0 amide bonds. The molecule has 0 aliphatic heterocycles. The summed E-state index contributed by atoms with van der Waals surface area (Å²) in [6, 6.07) is 5.37. The van der Waals surface area contributed by atoms with Crippen LogP contribution in [-0.2, 0) is 0 Å². The Morgan fingerprint density at radius 2 is 2.00 bits per heavy atom. The van der Waals surface area contributed by atoms with Crippen molar-refractivity contribution < 1.29 is 9.84 Å². The van der Waals surface area contributed by atoms with Gasteiger partial charge >= 0.3 is 0 Å². The van der Waals surface area contributed by atoms with Crippen LogP contribution in [0.25, 0.3) is 0 Å². The lowest BCUT2D eigenvalue weighted by Crippen LogP contribution is -2.46. The molecule has 1 aromatic rings. The van der Waals surface area contributed by atoms with Gasteiger partial charge < -0.3 is 15.6 Å². The van der Waals surface area contributed by atoms with Crippen molar-refractivity contribution in [1.82, 2.24) is 4.90 Å². The summed E-state index contributed by atoms with van der Waals surface area (Å²) in [4.78, 5) is 2.29. The standard InChI is InChI=1S/C15H26N2O2/c1-6-17(15(2,3)4)13(10-16)12-8-7-11(19-5)9-14(12)18/h7-9,13,18H,6,10,16H2,1-5H3. The second-order valence-electron chi connectivity index (χ2n) is 5.63. The molecule has 4 nitrogen and oxygen atoms in total. The van der Waals surface area contributed by atoms with Gasteiger partial charge in [-0.2, -0.15) is 0 Å². The molecule has 1 aromatic carbocycles. The molecule has 1 rings (SSSR count). The summed E-state index contributed by atoms with van der Waals surface area (Å²) in [6.45, 7) is 9.90. The smallest absolute Gasteiger partial charge is 0.124 e. The highest BCUT2D eigenvalue weighted by Gasteiger charge is 2.29. The number of phenolic OH excluding ortho intramolecular Hbond substituents is 1. The van der Waals surface area contributed by atoms with Gasteiger partial charge in [0, 0.05) is 23.7 Å². The van der Waals surface area contributed by atoms with Gasteiger partial charge in [0.1, 0.15) is 11.5 Å². The third kappa shape index (κ3) is 3.61. The topological polar surface area (TPSA) is 58.7 Å². The van der Waals surface area contributed by atoms with Crippen molar-refractivity contribution in [3.63, 3.8) is 0 Å². The average molecular weight is 266 g/mol. The normalized spacial score (nSPS) is 13.6. The SMILES string of the molecule is CCN(C(CN)c1ccc(OC)cc1O)C(C)(C)C. The zero-order valence-corrected chi connectivity index (χ0v) is 12.6. The lowest BCUT2D eigenvalue weighted by Gasteiger charge is -2.41. The number of benzene rings is 1. The van der Waals surface area contributed by atoms with Crippen molar-refractivity contribution in [2.45, 2.75) is 39.3 Å². The van der Waals surface area contributed by atoms with Gasteiger partial charge in [-0.1, -0.05) is 13.0 Å². The number of hydrogen-bond acceptors (Lipinski definition) is 4. The summed E-state index contributed by atoms with van der Waals surface area (Å²) < 4.78 is 5.11. The van der Waals surface area contributed by atoms with Crippen LogP contribution < -0.4 is 10.5 Å². The molecule has 0 bridgehead atoms. The van der Waals surface area contributed by atoms with Crippen LogP contribution in [-0.4, -0.2) is 35.7 Å².